The Labute approximate surface area is 198 Å². The van der Waals surface area contributed by atoms with Crippen molar-refractivity contribution in [1.29, 1.82) is 0 Å². The molecule has 4 aromatic rings. The van der Waals surface area contributed by atoms with Gasteiger partial charge in [0.15, 0.2) is 17.6 Å². The Hall–Kier alpha value is -4.13. The number of para-hydroxylation sites is 3. The van der Waals surface area contributed by atoms with Crippen LogP contribution in [-0.4, -0.2) is 51.4 Å². The van der Waals surface area contributed by atoms with Gasteiger partial charge in [0.1, 0.15) is 12.3 Å². The van der Waals surface area contributed by atoms with Crippen LogP contribution in [0.1, 0.15) is 23.7 Å². The molecule has 0 aliphatic carbocycles. The van der Waals surface area contributed by atoms with Crippen LogP contribution in [0.2, 0.25) is 0 Å². The highest BCUT2D eigenvalue weighted by Crippen LogP contribution is 2.31. The summed E-state index contributed by atoms with van der Waals surface area (Å²) in [5.41, 5.74) is 2.81. The van der Waals surface area contributed by atoms with Gasteiger partial charge < -0.3 is 14.4 Å². The van der Waals surface area contributed by atoms with Crippen molar-refractivity contribution in [3.63, 3.8) is 0 Å². The first kappa shape index (κ1) is 21.7. The lowest BCUT2D eigenvalue weighted by Crippen LogP contribution is -2.44. The van der Waals surface area contributed by atoms with Crippen molar-refractivity contribution in [3.8, 4) is 28.4 Å². The predicted octanol–water partition coefficient (Wildman–Crippen LogP) is 4.63. The van der Waals surface area contributed by atoms with Gasteiger partial charge in [-0.05, 0) is 42.8 Å². The second kappa shape index (κ2) is 9.79. The van der Waals surface area contributed by atoms with E-state index in [0.717, 1.165) is 23.4 Å². The first-order valence-corrected chi connectivity index (χ1v) is 11.5. The molecule has 1 atom stereocenters. The lowest BCUT2D eigenvalue weighted by Gasteiger charge is -2.31. The summed E-state index contributed by atoms with van der Waals surface area (Å²) in [5.74, 6) is 1.34. The molecule has 0 N–H and O–H groups in total. The van der Waals surface area contributed by atoms with Crippen LogP contribution in [0.3, 0.4) is 0 Å². The molecule has 7 nitrogen and oxygen atoms in total. The number of hydrogen-bond acceptors (Lipinski definition) is 5. The minimum Gasteiger partial charge on any atom is -0.486 e. The van der Waals surface area contributed by atoms with Gasteiger partial charge in [0.25, 0.3) is 5.91 Å². The number of carbonyl (C=O) groups is 1. The molecule has 5 rings (SSSR count). The Morgan fingerprint density at radius 2 is 1.85 bits per heavy atom. The number of benzene rings is 2. The van der Waals surface area contributed by atoms with Gasteiger partial charge in [-0.2, -0.15) is 5.10 Å². The summed E-state index contributed by atoms with van der Waals surface area (Å²) in [6.45, 7) is 3.47. The molecule has 0 spiro atoms. The van der Waals surface area contributed by atoms with E-state index in [-0.39, 0.29) is 12.0 Å². The highest BCUT2D eigenvalue weighted by Gasteiger charge is 2.28. The van der Waals surface area contributed by atoms with Gasteiger partial charge in [-0.1, -0.05) is 37.3 Å². The third-order valence-electron chi connectivity index (χ3n) is 5.67. The standard InChI is InChI=1S/C27H26N4O3/c1-2-15-30(17-22-19-33-24-12-6-7-13-25(24)34-22)27(32)23-18-31(21-10-4-3-5-11-21)29-26(23)20-9-8-14-28-16-20/h3-14,16,18,22H,2,15,17,19H2,1H3. The third-order valence-corrected chi connectivity index (χ3v) is 5.67. The molecule has 0 saturated carbocycles. The monoisotopic (exact) mass is 454 g/mol. The molecule has 1 amide bonds. The Morgan fingerprint density at radius 3 is 2.62 bits per heavy atom. The van der Waals surface area contributed by atoms with E-state index in [9.17, 15) is 4.79 Å². The van der Waals surface area contributed by atoms with Crippen LogP contribution < -0.4 is 9.47 Å². The van der Waals surface area contributed by atoms with Crippen molar-refractivity contribution in [3.05, 3.63) is 90.9 Å². The van der Waals surface area contributed by atoms with Gasteiger partial charge in [-0.3, -0.25) is 9.78 Å². The molecule has 172 valence electrons. The van der Waals surface area contributed by atoms with Gasteiger partial charge in [-0.15, -0.1) is 0 Å². The average molecular weight is 455 g/mol. The number of amides is 1. The zero-order chi connectivity index (χ0) is 23.3. The summed E-state index contributed by atoms with van der Waals surface area (Å²) in [6.07, 6.45) is 5.81. The largest absolute Gasteiger partial charge is 0.486 e. The number of ether oxygens (including phenoxy) is 2. The zero-order valence-corrected chi connectivity index (χ0v) is 19.0. The molecule has 0 fully saturated rings. The molecule has 1 aliphatic rings. The molecular weight excluding hydrogens is 428 g/mol. The molecule has 7 heteroatoms. The second-order valence-corrected chi connectivity index (χ2v) is 8.16. The second-order valence-electron chi connectivity index (χ2n) is 8.16. The Kier molecular flexibility index (Phi) is 6.25. The number of pyridine rings is 1. The number of carbonyl (C=O) groups excluding carboxylic acids is 1. The van der Waals surface area contributed by atoms with E-state index in [0.29, 0.717) is 36.7 Å². The first-order chi connectivity index (χ1) is 16.7. The van der Waals surface area contributed by atoms with E-state index < -0.39 is 0 Å². The summed E-state index contributed by atoms with van der Waals surface area (Å²) in [4.78, 5) is 19.9. The molecule has 2 aromatic carbocycles. The molecule has 3 heterocycles. The fourth-order valence-electron chi connectivity index (χ4n) is 4.07. The smallest absolute Gasteiger partial charge is 0.257 e. The van der Waals surface area contributed by atoms with E-state index >= 15 is 0 Å². The molecule has 1 aliphatic heterocycles. The van der Waals surface area contributed by atoms with Crippen LogP contribution in [-0.2, 0) is 0 Å². The van der Waals surface area contributed by atoms with Crippen LogP contribution >= 0.6 is 0 Å². The summed E-state index contributed by atoms with van der Waals surface area (Å²) in [7, 11) is 0. The third kappa shape index (κ3) is 4.50. The number of aromatic nitrogens is 3. The molecular formula is C27H26N4O3. The Balaban J connectivity index is 1.46. The van der Waals surface area contributed by atoms with E-state index in [1.54, 1.807) is 23.3 Å². The van der Waals surface area contributed by atoms with Gasteiger partial charge in [0.2, 0.25) is 0 Å². The number of hydrogen-bond donors (Lipinski definition) is 0. The van der Waals surface area contributed by atoms with Crippen LogP contribution in [0, 0.1) is 0 Å². The van der Waals surface area contributed by atoms with E-state index in [4.69, 9.17) is 14.6 Å². The normalized spacial score (nSPS) is 14.6. The predicted molar refractivity (Wildman–Crippen MR) is 129 cm³/mol. The Morgan fingerprint density at radius 1 is 1.06 bits per heavy atom. The lowest BCUT2D eigenvalue weighted by atomic mass is 10.1. The maximum atomic E-state index is 13.8. The Bertz CT molecular complexity index is 1260. The fourth-order valence-corrected chi connectivity index (χ4v) is 4.07. The minimum absolute atomic E-state index is 0.0923. The maximum Gasteiger partial charge on any atom is 0.257 e. The van der Waals surface area contributed by atoms with Gasteiger partial charge in [-0.25, -0.2) is 4.68 Å². The van der Waals surface area contributed by atoms with Crippen LogP contribution in [0.25, 0.3) is 16.9 Å². The maximum absolute atomic E-state index is 13.8. The van der Waals surface area contributed by atoms with Crippen molar-refractivity contribution in [1.82, 2.24) is 19.7 Å². The topological polar surface area (TPSA) is 69.5 Å². The molecule has 0 radical (unpaired) electrons. The van der Waals surface area contributed by atoms with E-state index in [1.807, 2.05) is 71.6 Å². The highest BCUT2D eigenvalue weighted by atomic mass is 16.6. The van der Waals surface area contributed by atoms with Gasteiger partial charge in [0, 0.05) is 30.7 Å². The van der Waals surface area contributed by atoms with E-state index in [2.05, 4.69) is 11.9 Å². The summed E-state index contributed by atoms with van der Waals surface area (Å²) < 4.78 is 13.7. The zero-order valence-electron chi connectivity index (χ0n) is 19.0. The summed E-state index contributed by atoms with van der Waals surface area (Å²) in [6, 6.07) is 21.1. The van der Waals surface area contributed by atoms with Gasteiger partial charge in [0.05, 0.1) is 17.8 Å². The van der Waals surface area contributed by atoms with Crippen molar-refractivity contribution >= 4 is 5.91 Å². The lowest BCUT2D eigenvalue weighted by molar-refractivity contribution is 0.0463. The molecule has 0 saturated heterocycles. The SMILES string of the molecule is CCCN(CC1COc2ccccc2O1)C(=O)c1cn(-c2ccccc2)nc1-c1cccnc1. The first-order valence-electron chi connectivity index (χ1n) is 11.5. The average Bonchev–Trinajstić information content (AvgIpc) is 3.35. The quantitative estimate of drug-likeness (QED) is 0.407. The molecule has 1 unspecified atom stereocenters. The fraction of sp³-hybridized carbons (Fsp3) is 0.222. The number of fused-ring (bicyclic) bond motifs is 1. The molecule has 2 aromatic heterocycles. The van der Waals surface area contributed by atoms with Gasteiger partial charge >= 0.3 is 0 Å². The minimum atomic E-state index is -0.253. The molecule has 0 bridgehead atoms. The van der Waals surface area contributed by atoms with Crippen molar-refractivity contribution in [2.24, 2.45) is 0 Å². The number of nitrogens with zero attached hydrogens (tertiary/aromatic N) is 4. The molecule has 34 heavy (non-hydrogen) atoms. The van der Waals surface area contributed by atoms with E-state index in [1.165, 1.54) is 0 Å². The summed E-state index contributed by atoms with van der Waals surface area (Å²) >= 11 is 0. The van der Waals surface area contributed by atoms with Crippen molar-refractivity contribution < 1.29 is 14.3 Å². The highest BCUT2D eigenvalue weighted by molar-refractivity contribution is 6.00. The summed E-state index contributed by atoms with van der Waals surface area (Å²) in [5, 5.41) is 4.76. The van der Waals surface area contributed by atoms with Crippen LogP contribution in [0.15, 0.2) is 85.3 Å². The van der Waals surface area contributed by atoms with Crippen LogP contribution in [0.4, 0.5) is 0 Å². The van der Waals surface area contributed by atoms with Crippen molar-refractivity contribution in [2.45, 2.75) is 19.4 Å². The number of rotatable bonds is 7. The van der Waals surface area contributed by atoms with Crippen molar-refractivity contribution in [2.75, 3.05) is 19.7 Å². The van der Waals surface area contributed by atoms with Crippen LogP contribution in [0.5, 0.6) is 11.5 Å².